The van der Waals surface area contributed by atoms with E-state index in [-0.39, 0.29) is 0 Å². The maximum atomic E-state index is 10.2. The summed E-state index contributed by atoms with van der Waals surface area (Å²) in [6.45, 7) is 7.89. The Hall–Kier alpha value is -0.570. The van der Waals surface area contributed by atoms with Crippen molar-refractivity contribution in [2.45, 2.75) is 32.8 Å². The van der Waals surface area contributed by atoms with Crippen LogP contribution in [0.3, 0.4) is 0 Å². The first-order valence-corrected chi connectivity index (χ1v) is 7.60. The molecule has 1 saturated heterocycles. The highest BCUT2D eigenvalue weighted by Crippen LogP contribution is 2.27. The molecule has 0 amide bonds. The van der Waals surface area contributed by atoms with Gasteiger partial charge in [-0.25, -0.2) is 0 Å². The molecule has 19 heavy (non-hydrogen) atoms. The Balaban J connectivity index is 1.82. The molecular formula is C16H24ClNO. The molecule has 0 radical (unpaired) electrons. The Kier molecular flexibility index (Phi) is 5.26. The molecular weight excluding hydrogens is 258 g/mol. The van der Waals surface area contributed by atoms with Crippen molar-refractivity contribution < 1.29 is 5.11 Å². The summed E-state index contributed by atoms with van der Waals surface area (Å²) in [4.78, 5) is 2.46. The Morgan fingerprint density at radius 3 is 2.74 bits per heavy atom. The maximum absolute atomic E-state index is 10.2. The number of nitrogens with zero attached hydrogens (tertiary/aromatic N) is 1. The van der Waals surface area contributed by atoms with Crippen molar-refractivity contribution in [3.05, 3.63) is 34.9 Å². The van der Waals surface area contributed by atoms with Gasteiger partial charge in [0.2, 0.25) is 0 Å². The third kappa shape index (κ3) is 3.95. The van der Waals surface area contributed by atoms with Crippen LogP contribution in [0.25, 0.3) is 0 Å². The first-order chi connectivity index (χ1) is 9.08. The molecule has 1 N–H and O–H groups in total. The lowest BCUT2D eigenvalue weighted by Gasteiger charge is -2.20. The van der Waals surface area contributed by atoms with Crippen molar-refractivity contribution in [2.24, 2.45) is 11.8 Å². The predicted octanol–water partition coefficient (Wildman–Crippen LogP) is 3.74. The van der Waals surface area contributed by atoms with E-state index in [1.807, 2.05) is 24.3 Å². The fourth-order valence-electron chi connectivity index (χ4n) is 2.82. The quantitative estimate of drug-likeness (QED) is 0.889. The van der Waals surface area contributed by atoms with Crippen LogP contribution in [0.1, 0.15) is 38.4 Å². The van der Waals surface area contributed by atoms with Gasteiger partial charge in [0.05, 0.1) is 6.10 Å². The first-order valence-electron chi connectivity index (χ1n) is 7.22. The van der Waals surface area contributed by atoms with Crippen LogP contribution in [0.2, 0.25) is 5.02 Å². The normalized spacial score (nSPS) is 22.1. The molecule has 0 bridgehead atoms. The minimum atomic E-state index is -0.452. The second-order valence-electron chi connectivity index (χ2n) is 5.92. The molecule has 2 unspecified atom stereocenters. The van der Waals surface area contributed by atoms with Gasteiger partial charge in [-0.05, 0) is 42.9 Å². The van der Waals surface area contributed by atoms with Crippen LogP contribution in [0.15, 0.2) is 24.3 Å². The zero-order valence-corrected chi connectivity index (χ0v) is 12.6. The van der Waals surface area contributed by atoms with E-state index in [2.05, 4.69) is 18.7 Å². The minimum absolute atomic E-state index is 0.452. The summed E-state index contributed by atoms with van der Waals surface area (Å²) < 4.78 is 0. The lowest BCUT2D eigenvalue weighted by atomic mass is 9.95. The molecule has 0 aromatic heterocycles. The summed E-state index contributed by atoms with van der Waals surface area (Å²) in [6.07, 6.45) is 1.60. The molecule has 3 heteroatoms. The summed E-state index contributed by atoms with van der Waals surface area (Å²) in [5.74, 6) is 1.58. The average molecular weight is 282 g/mol. The van der Waals surface area contributed by atoms with Crippen molar-refractivity contribution in [1.82, 2.24) is 4.90 Å². The SMILES string of the molecule is CC(C)C1CCN(CCC(O)c2ccccc2Cl)C1. The Morgan fingerprint density at radius 1 is 1.37 bits per heavy atom. The monoisotopic (exact) mass is 281 g/mol. The molecule has 0 aliphatic carbocycles. The second kappa shape index (κ2) is 6.74. The molecule has 0 saturated carbocycles. The first kappa shape index (κ1) is 14.8. The van der Waals surface area contributed by atoms with Crippen molar-refractivity contribution in [2.75, 3.05) is 19.6 Å². The van der Waals surface area contributed by atoms with Crippen molar-refractivity contribution >= 4 is 11.6 Å². The Bertz CT molecular complexity index is 407. The zero-order chi connectivity index (χ0) is 13.8. The molecule has 1 aliphatic rings. The van der Waals surface area contributed by atoms with Crippen LogP contribution in [0.5, 0.6) is 0 Å². The third-order valence-electron chi connectivity index (χ3n) is 4.23. The van der Waals surface area contributed by atoms with E-state index in [0.29, 0.717) is 5.02 Å². The smallest absolute Gasteiger partial charge is 0.0816 e. The summed E-state index contributed by atoms with van der Waals surface area (Å²) in [5.41, 5.74) is 0.851. The van der Waals surface area contributed by atoms with E-state index >= 15 is 0 Å². The van der Waals surface area contributed by atoms with Gasteiger partial charge in [0.1, 0.15) is 0 Å². The standard InChI is InChI=1S/C16H24ClNO/c1-12(2)13-7-9-18(11-13)10-8-16(19)14-5-3-4-6-15(14)17/h3-6,12-13,16,19H,7-11H2,1-2H3. The maximum Gasteiger partial charge on any atom is 0.0816 e. The van der Waals surface area contributed by atoms with Gasteiger partial charge in [0.25, 0.3) is 0 Å². The number of benzene rings is 1. The van der Waals surface area contributed by atoms with Crippen LogP contribution in [-0.4, -0.2) is 29.6 Å². The summed E-state index contributed by atoms with van der Waals surface area (Å²) in [5, 5.41) is 10.9. The molecule has 2 atom stereocenters. The average Bonchev–Trinajstić information content (AvgIpc) is 2.85. The van der Waals surface area contributed by atoms with Gasteiger partial charge in [0.15, 0.2) is 0 Å². The highest BCUT2D eigenvalue weighted by atomic mass is 35.5. The zero-order valence-electron chi connectivity index (χ0n) is 11.8. The van der Waals surface area contributed by atoms with Gasteiger partial charge in [0, 0.05) is 18.1 Å². The lowest BCUT2D eigenvalue weighted by Crippen LogP contribution is -2.24. The van der Waals surface area contributed by atoms with Crippen LogP contribution in [0.4, 0.5) is 0 Å². The van der Waals surface area contributed by atoms with Gasteiger partial charge < -0.3 is 10.0 Å². The molecule has 1 aromatic rings. The summed E-state index contributed by atoms with van der Waals surface area (Å²) in [6, 6.07) is 7.57. The summed E-state index contributed by atoms with van der Waals surface area (Å²) >= 11 is 6.11. The van der Waals surface area contributed by atoms with Crippen molar-refractivity contribution in [3.63, 3.8) is 0 Å². The number of likely N-dealkylation sites (tertiary alicyclic amines) is 1. The summed E-state index contributed by atoms with van der Waals surface area (Å²) in [7, 11) is 0. The number of rotatable bonds is 5. The van der Waals surface area contributed by atoms with E-state index < -0.39 is 6.10 Å². The Morgan fingerprint density at radius 2 is 2.11 bits per heavy atom. The molecule has 1 aromatic carbocycles. The number of hydrogen-bond donors (Lipinski definition) is 1. The molecule has 2 nitrogen and oxygen atoms in total. The third-order valence-corrected chi connectivity index (χ3v) is 4.58. The van der Waals surface area contributed by atoms with E-state index in [0.717, 1.165) is 36.9 Å². The highest BCUT2D eigenvalue weighted by Gasteiger charge is 2.25. The topological polar surface area (TPSA) is 23.5 Å². The molecule has 106 valence electrons. The van der Waals surface area contributed by atoms with Gasteiger partial charge in [-0.15, -0.1) is 0 Å². The largest absolute Gasteiger partial charge is 0.388 e. The highest BCUT2D eigenvalue weighted by molar-refractivity contribution is 6.31. The Labute approximate surface area is 121 Å². The van der Waals surface area contributed by atoms with Gasteiger partial charge in [-0.1, -0.05) is 43.6 Å². The minimum Gasteiger partial charge on any atom is -0.388 e. The van der Waals surface area contributed by atoms with Crippen molar-refractivity contribution in [1.29, 1.82) is 0 Å². The number of hydrogen-bond acceptors (Lipinski definition) is 2. The van der Waals surface area contributed by atoms with E-state index in [4.69, 9.17) is 11.6 Å². The van der Waals surface area contributed by atoms with Crippen LogP contribution in [-0.2, 0) is 0 Å². The van der Waals surface area contributed by atoms with Crippen LogP contribution in [0, 0.1) is 11.8 Å². The number of aliphatic hydroxyl groups excluding tert-OH is 1. The number of aliphatic hydroxyl groups is 1. The predicted molar refractivity (Wildman–Crippen MR) is 80.4 cm³/mol. The van der Waals surface area contributed by atoms with Crippen LogP contribution >= 0.6 is 11.6 Å². The van der Waals surface area contributed by atoms with E-state index in [1.54, 1.807) is 0 Å². The van der Waals surface area contributed by atoms with Gasteiger partial charge in [-0.2, -0.15) is 0 Å². The lowest BCUT2D eigenvalue weighted by molar-refractivity contribution is 0.147. The fraction of sp³-hybridized carbons (Fsp3) is 0.625. The van der Waals surface area contributed by atoms with Crippen LogP contribution < -0.4 is 0 Å². The van der Waals surface area contributed by atoms with Crippen molar-refractivity contribution in [3.8, 4) is 0 Å². The second-order valence-corrected chi connectivity index (χ2v) is 6.33. The van der Waals surface area contributed by atoms with E-state index in [1.165, 1.54) is 13.0 Å². The molecule has 1 fully saturated rings. The fourth-order valence-corrected chi connectivity index (χ4v) is 3.08. The van der Waals surface area contributed by atoms with E-state index in [9.17, 15) is 5.11 Å². The van der Waals surface area contributed by atoms with Gasteiger partial charge in [-0.3, -0.25) is 0 Å². The van der Waals surface area contributed by atoms with Gasteiger partial charge >= 0.3 is 0 Å². The number of halogens is 1. The molecule has 1 heterocycles. The molecule has 2 rings (SSSR count). The molecule has 0 spiro atoms. The molecule has 1 aliphatic heterocycles.